The van der Waals surface area contributed by atoms with Crippen molar-refractivity contribution < 1.29 is 13.7 Å². The molecule has 0 heterocycles. The maximum atomic E-state index is 13.6. The number of halogens is 2. The molecule has 0 aliphatic rings. The van der Waals surface area contributed by atoms with Crippen LogP contribution in [0.5, 0.6) is 0 Å². The number of hydrogen-bond acceptors (Lipinski definition) is 2. The van der Waals surface area contributed by atoms with E-state index in [4.69, 9.17) is 0 Å². The van der Waals surface area contributed by atoms with Gasteiger partial charge in [0.25, 0.3) is 0 Å². The molecular weight excluding hydrogens is 228 g/mol. The Morgan fingerprint density at radius 3 is 2.24 bits per heavy atom. The molecule has 0 amide bonds. The molecule has 0 radical (unpaired) electrons. The van der Waals surface area contributed by atoms with Crippen LogP contribution in [0.25, 0.3) is 11.1 Å². The lowest BCUT2D eigenvalue weighted by atomic mass is 10.0. The molecular formula is C12H7F2NO2. The zero-order valence-electron chi connectivity index (χ0n) is 8.56. The van der Waals surface area contributed by atoms with Crippen LogP contribution in [0.4, 0.5) is 14.5 Å². The van der Waals surface area contributed by atoms with Gasteiger partial charge in [0.2, 0.25) is 5.82 Å². The molecule has 3 nitrogen and oxygen atoms in total. The molecule has 0 atom stereocenters. The maximum Gasteiger partial charge on any atom is 0.307 e. The van der Waals surface area contributed by atoms with Gasteiger partial charge in [-0.1, -0.05) is 30.3 Å². The Morgan fingerprint density at radius 1 is 1.00 bits per heavy atom. The number of rotatable bonds is 2. The van der Waals surface area contributed by atoms with Gasteiger partial charge in [-0.15, -0.1) is 0 Å². The van der Waals surface area contributed by atoms with Gasteiger partial charge in [-0.3, -0.25) is 10.1 Å². The van der Waals surface area contributed by atoms with Crippen LogP contribution in [-0.4, -0.2) is 4.92 Å². The summed E-state index contributed by atoms with van der Waals surface area (Å²) >= 11 is 0. The van der Waals surface area contributed by atoms with Crippen molar-refractivity contribution in [2.24, 2.45) is 0 Å². The first-order valence-corrected chi connectivity index (χ1v) is 4.78. The fourth-order valence-electron chi connectivity index (χ4n) is 1.52. The first-order chi connectivity index (χ1) is 8.09. The van der Waals surface area contributed by atoms with Gasteiger partial charge in [-0.2, -0.15) is 4.39 Å². The van der Waals surface area contributed by atoms with Crippen LogP contribution >= 0.6 is 0 Å². The van der Waals surface area contributed by atoms with Crippen molar-refractivity contribution in [1.29, 1.82) is 0 Å². The van der Waals surface area contributed by atoms with E-state index in [1.165, 1.54) is 0 Å². The van der Waals surface area contributed by atoms with Gasteiger partial charge in [0.1, 0.15) is 5.82 Å². The van der Waals surface area contributed by atoms with Gasteiger partial charge in [0.15, 0.2) is 0 Å². The van der Waals surface area contributed by atoms with Crippen molar-refractivity contribution in [2.75, 3.05) is 0 Å². The van der Waals surface area contributed by atoms with E-state index >= 15 is 0 Å². The molecule has 0 saturated heterocycles. The van der Waals surface area contributed by atoms with Crippen molar-refractivity contribution in [2.45, 2.75) is 0 Å². The van der Waals surface area contributed by atoms with Gasteiger partial charge in [-0.25, -0.2) is 4.39 Å². The molecule has 2 aromatic carbocycles. The number of hydrogen-bond donors (Lipinski definition) is 0. The Hall–Kier alpha value is -2.30. The molecule has 86 valence electrons. The van der Waals surface area contributed by atoms with Crippen LogP contribution in [0, 0.1) is 21.7 Å². The van der Waals surface area contributed by atoms with E-state index in [1.807, 2.05) is 0 Å². The first kappa shape index (κ1) is 11.2. The molecule has 0 unspecified atom stereocenters. The fraction of sp³-hybridized carbons (Fsp3) is 0. The van der Waals surface area contributed by atoms with E-state index in [-0.39, 0.29) is 5.56 Å². The third kappa shape index (κ3) is 2.13. The highest BCUT2D eigenvalue weighted by Crippen LogP contribution is 2.28. The Morgan fingerprint density at radius 2 is 1.65 bits per heavy atom. The second-order valence-electron chi connectivity index (χ2n) is 3.41. The second-order valence-corrected chi connectivity index (χ2v) is 3.41. The summed E-state index contributed by atoms with van der Waals surface area (Å²) in [6.45, 7) is 0. The second kappa shape index (κ2) is 4.29. The largest absolute Gasteiger partial charge is 0.307 e. The van der Waals surface area contributed by atoms with E-state index in [2.05, 4.69) is 0 Å². The van der Waals surface area contributed by atoms with Gasteiger partial charge >= 0.3 is 5.69 Å². The van der Waals surface area contributed by atoms with E-state index in [9.17, 15) is 18.9 Å². The summed E-state index contributed by atoms with van der Waals surface area (Å²) < 4.78 is 27.0. The number of nitro benzene ring substituents is 1. The van der Waals surface area contributed by atoms with Gasteiger partial charge in [0, 0.05) is 5.56 Å². The SMILES string of the molecule is O=[N+]([O-])c1cc(F)c(-c2ccccc2)cc1F. The molecule has 5 heteroatoms. The molecule has 0 N–H and O–H groups in total. The standard InChI is InChI=1S/C12H7F2NO2/c13-10-7-12(15(16)17)11(14)6-9(10)8-4-2-1-3-5-8/h1-7H. The van der Waals surface area contributed by atoms with Gasteiger partial charge in [0.05, 0.1) is 11.0 Å². The van der Waals surface area contributed by atoms with E-state index in [0.29, 0.717) is 11.6 Å². The summed E-state index contributed by atoms with van der Waals surface area (Å²) in [6, 6.07) is 9.72. The Labute approximate surface area is 95.5 Å². The van der Waals surface area contributed by atoms with Crippen LogP contribution in [0.3, 0.4) is 0 Å². The highest BCUT2D eigenvalue weighted by Gasteiger charge is 2.18. The third-order valence-electron chi connectivity index (χ3n) is 2.32. The van der Waals surface area contributed by atoms with Crippen molar-refractivity contribution in [3.63, 3.8) is 0 Å². The van der Waals surface area contributed by atoms with Crippen molar-refractivity contribution in [3.8, 4) is 11.1 Å². The third-order valence-corrected chi connectivity index (χ3v) is 2.32. The summed E-state index contributed by atoms with van der Waals surface area (Å²) in [6.07, 6.45) is 0. The number of nitro groups is 1. The average molecular weight is 235 g/mol. The Kier molecular flexibility index (Phi) is 2.82. The molecule has 0 fully saturated rings. The van der Waals surface area contributed by atoms with Crippen LogP contribution in [0.15, 0.2) is 42.5 Å². The molecule has 0 aromatic heterocycles. The normalized spacial score (nSPS) is 10.2. The molecule has 0 aliphatic carbocycles. The van der Waals surface area contributed by atoms with Crippen LogP contribution in [0.2, 0.25) is 0 Å². The minimum atomic E-state index is -1.05. The van der Waals surface area contributed by atoms with Gasteiger partial charge < -0.3 is 0 Å². The molecule has 17 heavy (non-hydrogen) atoms. The molecule has 0 spiro atoms. The van der Waals surface area contributed by atoms with Crippen LogP contribution in [0.1, 0.15) is 0 Å². The Bertz CT molecular complexity index is 570. The fourth-order valence-corrected chi connectivity index (χ4v) is 1.52. The van der Waals surface area contributed by atoms with Crippen LogP contribution < -0.4 is 0 Å². The average Bonchev–Trinajstić information content (AvgIpc) is 2.32. The van der Waals surface area contributed by atoms with Gasteiger partial charge in [-0.05, 0) is 11.6 Å². The first-order valence-electron chi connectivity index (χ1n) is 4.78. The Balaban J connectivity index is 2.58. The highest BCUT2D eigenvalue weighted by molar-refractivity contribution is 5.65. The van der Waals surface area contributed by atoms with Crippen molar-refractivity contribution in [3.05, 3.63) is 64.2 Å². The quantitative estimate of drug-likeness (QED) is 0.590. The smallest absolute Gasteiger partial charge is 0.258 e. The summed E-state index contributed by atoms with van der Waals surface area (Å²) in [5.41, 5.74) is -0.380. The lowest BCUT2D eigenvalue weighted by Crippen LogP contribution is -1.95. The summed E-state index contributed by atoms with van der Waals surface area (Å²) in [7, 11) is 0. The van der Waals surface area contributed by atoms with Crippen molar-refractivity contribution in [1.82, 2.24) is 0 Å². The number of nitrogens with zero attached hydrogens (tertiary/aromatic N) is 1. The van der Waals surface area contributed by atoms with Crippen molar-refractivity contribution >= 4 is 5.69 Å². The monoisotopic (exact) mass is 235 g/mol. The number of benzene rings is 2. The molecule has 2 aromatic rings. The minimum absolute atomic E-state index is 0.00806. The van der Waals surface area contributed by atoms with E-state index in [0.717, 1.165) is 6.07 Å². The minimum Gasteiger partial charge on any atom is -0.258 e. The summed E-state index contributed by atoms with van der Waals surface area (Å²) in [5, 5.41) is 10.4. The summed E-state index contributed by atoms with van der Waals surface area (Å²) in [5.74, 6) is -1.86. The highest BCUT2D eigenvalue weighted by atomic mass is 19.1. The maximum absolute atomic E-state index is 13.6. The van der Waals surface area contributed by atoms with Crippen LogP contribution in [-0.2, 0) is 0 Å². The molecule has 2 rings (SSSR count). The predicted octanol–water partition coefficient (Wildman–Crippen LogP) is 3.54. The summed E-state index contributed by atoms with van der Waals surface area (Å²) in [4.78, 5) is 9.47. The zero-order chi connectivity index (χ0) is 12.4. The van der Waals surface area contributed by atoms with E-state index in [1.54, 1.807) is 30.3 Å². The molecule has 0 saturated carbocycles. The lowest BCUT2D eigenvalue weighted by Gasteiger charge is -2.03. The predicted molar refractivity (Wildman–Crippen MR) is 58.4 cm³/mol. The molecule has 0 bridgehead atoms. The van der Waals surface area contributed by atoms with E-state index < -0.39 is 22.2 Å². The zero-order valence-corrected chi connectivity index (χ0v) is 8.56. The topological polar surface area (TPSA) is 43.1 Å². The molecule has 0 aliphatic heterocycles. The lowest BCUT2D eigenvalue weighted by molar-refractivity contribution is -0.387.